The fourth-order valence-electron chi connectivity index (χ4n) is 2.81. The van der Waals surface area contributed by atoms with E-state index in [9.17, 15) is 13.6 Å². The van der Waals surface area contributed by atoms with Gasteiger partial charge in [-0.3, -0.25) is 4.79 Å². The molecular weight excluding hydrogens is 364 g/mol. The molecule has 0 saturated heterocycles. The maximum absolute atomic E-state index is 13.1. The van der Waals surface area contributed by atoms with E-state index in [0.717, 1.165) is 22.5 Å². The molecule has 2 aromatic rings. The zero-order chi connectivity index (χ0) is 16.4. The fraction of sp³-hybridized carbons (Fsp3) is 0.278. The molecule has 1 saturated carbocycles. The zero-order valence-electron chi connectivity index (χ0n) is 12.4. The lowest BCUT2D eigenvalue weighted by molar-refractivity contribution is -0.122. The molecule has 0 aromatic heterocycles. The molecule has 0 aliphatic heterocycles. The molecule has 2 nitrogen and oxygen atoms in total. The second kappa shape index (κ2) is 6.79. The van der Waals surface area contributed by atoms with Crippen molar-refractivity contribution in [1.82, 2.24) is 5.32 Å². The van der Waals surface area contributed by atoms with Crippen molar-refractivity contribution in [1.29, 1.82) is 0 Å². The summed E-state index contributed by atoms with van der Waals surface area (Å²) in [5.74, 6) is -0.925. The normalized spacial score (nSPS) is 19.4. The Morgan fingerprint density at radius 3 is 2.61 bits per heavy atom. The maximum Gasteiger partial charge on any atom is 0.223 e. The van der Waals surface area contributed by atoms with Gasteiger partial charge in [0.2, 0.25) is 5.91 Å². The zero-order valence-corrected chi connectivity index (χ0v) is 13.9. The van der Waals surface area contributed by atoms with Crippen molar-refractivity contribution in [3.8, 4) is 0 Å². The minimum absolute atomic E-state index is 0.00598. The number of halogens is 3. The molecule has 120 valence electrons. The summed E-state index contributed by atoms with van der Waals surface area (Å²) in [6.45, 7) is 0.378. The molecule has 1 fully saturated rings. The van der Waals surface area contributed by atoms with Gasteiger partial charge in [0.25, 0.3) is 0 Å². The Bertz CT molecular complexity index is 714. The average molecular weight is 380 g/mol. The molecule has 2 unspecified atom stereocenters. The van der Waals surface area contributed by atoms with Crippen molar-refractivity contribution in [3.05, 3.63) is 69.7 Å². The van der Waals surface area contributed by atoms with Gasteiger partial charge in [0, 0.05) is 23.0 Å². The van der Waals surface area contributed by atoms with Crippen LogP contribution in [0, 0.1) is 17.6 Å². The topological polar surface area (TPSA) is 29.1 Å². The highest BCUT2D eigenvalue weighted by Gasteiger charge is 2.43. The third-order valence-corrected chi connectivity index (χ3v) is 4.53. The smallest absolute Gasteiger partial charge is 0.223 e. The van der Waals surface area contributed by atoms with E-state index in [4.69, 9.17) is 0 Å². The molecule has 1 N–H and O–H groups in total. The highest BCUT2D eigenvalue weighted by atomic mass is 79.9. The number of carbonyl (C=O) groups excluding carboxylic acids is 1. The molecule has 1 aliphatic carbocycles. The standard InChI is InChI=1S/C18H16BrF2NO/c19-13-3-1-2-12(8-13)16-10-17(16)18(23)22-5-4-11-6-14(20)9-15(21)7-11/h1-3,6-9,16-17H,4-5,10H2,(H,22,23). The highest BCUT2D eigenvalue weighted by molar-refractivity contribution is 9.10. The van der Waals surface area contributed by atoms with Gasteiger partial charge < -0.3 is 5.32 Å². The van der Waals surface area contributed by atoms with Crippen LogP contribution in [0.3, 0.4) is 0 Å². The van der Waals surface area contributed by atoms with Crippen molar-refractivity contribution >= 4 is 21.8 Å². The van der Waals surface area contributed by atoms with Crippen LogP contribution in [0.4, 0.5) is 8.78 Å². The quantitative estimate of drug-likeness (QED) is 0.828. The van der Waals surface area contributed by atoms with Gasteiger partial charge in [0.15, 0.2) is 0 Å². The average Bonchev–Trinajstić information content (AvgIpc) is 3.26. The molecule has 0 heterocycles. The third kappa shape index (κ3) is 4.16. The second-order valence-electron chi connectivity index (χ2n) is 5.82. The monoisotopic (exact) mass is 379 g/mol. The number of hydrogen-bond donors (Lipinski definition) is 1. The van der Waals surface area contributed by atoms with Crippen LogP contribution in [0.1, 0.15) is 23.5 Å². The summed E-state index contributed by atoms with van der Waals surface area (Å²) in [6, 6.07) is 11.4. The summed E-state index contributed by atoms with van der Waals surface area (Å²) in [6.07, 6.45) is 1.26. The molecule has 0 spiro atoms. The van der Waals surface area contributed by atoms with Crippen LogP contribution in [0.15, 0.2) is 46.9 Å². The lowest BCUT2D eigenvalue weighted by Gasteiger charge is -2.06. The van der Waals surface area contributed by atoms with Gasteiger partial charge in [-0.05, 0) is 54.2 Å². The molecule has 1 amide bonds. The summed E-state index contributed by atoms with van der Waals surface area (Å²) < 4.78 is 27.2. The van der Waals surface area contributed by atoms with Crippen molar-refractivity contribution in [2.45, 2.75) is 18.8 Å². The van der Waals surface area contributed by atoms with Gasteiger partial charge in [-0.2, -0.15) is 0 Å². The Morgan fingerprint density at radius 1 is 1.17 bits per heavy atom. The minimum Gasteiger partial charge on any atom is -0.356 e. The fourth-order valence-corrected chi connectivity index (χ4v) is 3.22. The van der Waals surface area contributed by atoms with Crippen LogP contribution in [0.5, 0.6) is 0 Å². The summed E-state index contributed by atoms with van der Waals surface area (Å²) in [5, 5.41) is 2.85. The predicted octanol–water partition coefficient (Wildman–Crippen LogP) is 4.19. The first kappa shape index (κ1) is 16.1. The van der Waals surface area contributed by atoms with Gasteiger partial charge in [-0.25, -0.2) is 8.78 Å². The van der Waals surface area contributed by atoms with Crippen LogP contribution in [-0.2, 0) is 11.2 Å². The summed E-state index contributed by atoms with van der Waals surface area (Å²) in [5.41, 5.74) is 1.70. The van der Waals surface area contributed by atoms with E-state index in [-0.39, 0.29) is 17.7 Å². The van der Waals surface area contributed by atoms with E-state index >= 15 is 0 Å². The van der Waals surface area contributed by atoms with Gasteiger partial charge in [0.1, 0.15) is 11.6 Å². The molecule has 0 bridgehead atoms. The van der Waals surface area contributed by atoms with Crippen LogP contribution >= 0.6 is 15.9 Å². The van der Waals surface area contributed by atoms with Crippen molar-refractivity contribution in [2.75, 3.05) is 6.54 Å². The lowest BCUT2D eigenvalue weighted by atomic mass is 10.1. The first-order valence-corrected chi connectivity index (χ1v) is 8.30. The number of rotatable bonds is 5. The van der Waals surface area contributed by atoms with Crippen molar-refractivity contribution < 1.29 is 13.6 Å². The van der Waals surface area contributed by atoms with E-state index in [2.05, 4.69) is 21.2 Å². The summed E-state index contributed by atoms with van der Waals surface area (Å²) >= 11 is 3.43. The Balaban J connectivity index is 1.49. The van der Waals surface area contributed by atoms with E-state index in [0.29, 0.717) is 18.5 Å². The largest absolute Gasteiger partial charge is 0.356 e. The molecule has 2 atom stereocenters. The summed E-state index contributed by atoms with van der Waals surface area (Å²) in [7, 11) is 0. The molecule has 23 heavy (non-hydrogen) atoms. The summed E-state index contributed by atoms with van der Waals surface area (Å²) in [4.78, 5) is 12.1. The van der Waals surface area contributed by atoms with Crippen LogP contribution in [0.2, 0.25) is 0 Å². The molecule has 1 aliphatic rings. The van der Waals surface area contributed by atoms with Crippen LogP contribution < -0.4 is 5.32 Å². The molecule has 5 heteroatoms. The van der Waals surface area contributed by atoms with Gasteiger partial charge in [-0.15, -0.1) is 0 Å². The number of nitrogens with one attached hydrogen (secondary N) is 1. The third-order valence-electron chi connectivity index (χ3n) is 4.04. The van der Waals surface area contributed by atoms with E-state index in [1.807, 2.05) is 24.3 Å². The molecular formula is C18H16BrF2NO. The maximum atomic E-state index is 13.1. The number of benzene rings is 2. The van der Waals surface area contributed by atoms with Crippen LogP contribution in [0.25, 0.3) is 0 Å². The van der Waals surface area contributed by atoms with Gasteiger partial charge in [0.05, 0.1) is 0 Å². The molecule has 3 rings (SSSR count). The molecule has 2 aromatic carbocycles. The number of carbonyl (C=O) groups is 1. The molecule has 0 radical (unpaired) electrons. The van der Waals surface area contributed by atoms with E-state index in [1.165, 1.54) is 12.1 Å². The van der Waals surface area contributed by atoms with E-state index < -0.39 is 11.6 Å². The van der Waals surface area contributed by atoms with Crippen molar-refractivity contribution in [2.24, 2.45) is 5.92 Å². The Hall–Kier alpha value is -1.75. The minimum atomic E-state index is -0.594. The Morgan fingerprint density at radius 2 is 1.91 bits per heavy atom. The van der Waals surface area contributed by atoms with E-state index in [1.54, 1.807) is 0 Å². The van der Waals surface area contributed by atoms with Crippen molar-refractivity contribution in [3.63, 3.8) is 0 Å². The second-order valence-corrected chi connectivity index (χ2v) is 6.74. The highest BCUT2D eigenvalue weighted by Crippen LogP contribution is 2.47. The number of hydrogen-bond acceptors (Lipinski definition) is 1. The SMILES string of the molecule is O=C(NCCc1cc(F)cc(F)c1)C1CC1c1cccc(Br)c1. The van der Waals surface area contributed by atoms with Gasteiger partial charge >= 0.3 is 0 Å². The Labute approximate surface area is 142 Å². The first-order valence-electron chi connectivity index (χ1n) is 7.51. The first-order chi connectivity index (χ1) is 11.0. The Kier molecular flexibility index (Phi) is 4.76. The van der Waals surface area contributed by atoms with Gasteiger partial charge in [-0.1, -0.05) is 28.1 Å². The number of amides is 1. The predicted molar refractivity (Wildman–Crippen MR) is 88.1 cm³/mol. The van der Waals surface area contributed by atoms with Crippen LogP contribution in [-0.4, -0.2) is 12.5 Å². The lowest BCUT2D eigenvalue weighted by Crippen LogP contribution is -2.27.